The molecule has 7 heteroatoms. The number of hydrogen-bond acceptors (Lipinski definition) is 5. The van der Waals surface area contributed by atoms with Gasteiger partial charge in [-0.25, -0.2) is 0 Å². The summed E-state index contributed by atoms with van der Waals surface area (Å²) in [4.78, 5) is 31.0. The van der Waals surface area contributed by atoms with Gasteiger partial charge in [0.1, 0.15) is 5.69 Å². The molecule has 4 rings (SSSR count). The highest BCUT2D eigenvalue weighted by Crippen LogP contribution is 2.34. The number of aromatic nitrogens is 1. The zero-order valence-corrected chi connectivity index (χ0v) is 15.8. The lowest BCUT2D eigenvalue weighted by molar-refractivity contribution is 0.0785. The second kappa shape index (κ2) is 8.02. The standard InChI is InChI=1S/C22H19N3O4/c1-25(13-15-5-3-2-4-6-15)22(27)16-9-10-23-18(11-16)21(26)24-17-7-8-19-20(12-17)29-14-28-19/h2-12H,13-14H2,1H3,(H,24,26). The summed E-state index contributed by atoms with van der Waals surface area (Å²) >= 11 is 0. The Balaban J connectivity index is 1.46. The van der Waals surface area contributed by atoms with Crippen LogP contribution in [0.2, 0.25) is 0 Å². The number of rotatable bonds is 5. The Labute approximate surface area is 167 Å². The van der Waals surface area contributed by atoms with Crippen LogP contribution >= 0.6 is 0 Å². The molecule has 7 nitrogen and oxygen atoms in total. The number of amides is 2. The Hall–Kier alpha value is -3.87. The number of benzene rings is 2. The molecule has 0 spiro atoms. The van der Waals surface area contributed by atoms with Crippen molar-refractivity contribution < 1.29 is 19.1 Å². The third-order valence-electron chi connectivity index (χ3n) is 4.48. The molecule has 2 heterocycles. The Morgan fingerprint density at radius 2 is 1.83 bits per heavy atom. The second-order valence-corrected chi connectivity index (χ2v) is 6.60. The van der Waals surface area contributed by atoms with Crippen LogP contribution in [0.5, 0.6) is 11.5 Å². The normalized spacial score (nSPS) is 11.8. The first kappa shape index (κ1) is 18.5. The molecule has 1 aliphatic rings. The first-order valence-electron chi connectivity index (χ1n) is 9.06. The number of ether oxygens (including phenoxy) is 2. The van der Waals surface area contributed by atoms with E-state index in [9.17, 15) is 9.59 Å². The molecule has 0 aliphatic carbocycles. The Morgan fingerprint density at radius 1 is 1.03 bits per heavy atom. The van der Waals surface area contributed by atoms with Crippen LogP contribution in [0, 0.1) is 0 Å². The molecule has 2 amide bonds. The molecule has 0 saturated heterocycles. The summed E-state index contributed by atoms with van der Waals surface area (Å²) in [6.45, 7) is 0.635. The fraction of sp³-hybridized carbons (Fsp3) is 0.136. The molecule has 0 saturated carbocycles. The fourth-order valence-electron chi connectivity index (χ4n) is 3.01. The van der Waals surface area contributed by atoms with Crippen LogP contribution in [0.3, 0.4) is 0 Å². The van der Waals surface area contributed by atoms with Crippen molar-refractivity contribution in [2.24, 2.45) is 0 Å². The minimum atomic E-state index is -0.413. The summed E-state index contributed by atoms with van der Waals surface area (Å²) < 4.78 is 10.6. The maximum Gasteiger partial charge on any atom is 0.274 e. The van der Waals surface area contributed by atoms with E-state index in [2.05, 4.69) is 10.3 Å². The quantitative estimate of drug-likeness (QED) is 0.724. The maximum atomic E-state index is 12.7. The van der Waals surface area contributed by atoms with Crippen molar-refractivity contribution in [2.45, 2.75) is 6.54 Å². The average molecular weight is 389 g/mol. The third-order valence-corrected chi connectivity index (χ3v) is 4.48. The average Bonchev–Trinajstić information content (AvgIpc) is 3.22. The summed E-state index contributed by atoms with van der Waals surface area (Å²) in [5.41, 5.74) is 2.13. The van der Waals surface area contributed by atoms with Gasteiger partial charge < -0.3 is 19.7 Å². The van der Waals surface area contributed by atoms with Crippen LogP contribution in [0.25, 0.3) is 0 Å². The maximum absolute atomic E-state index is 12.7. The van der Waals surface area contributed by atoms with Crippen LogP contribution in [0.1, 0.15) is 26.4 Å². The number of nitrogens with zero attached hydrogens (tertiary/aromatic N) is 2. The highest BCUT2D eigenvalue weighted by molar-refractivity contribution is 6.04. The largest absolute Gasteiger partial charge is 0.454 e. The molecule has 1 aromatic heterocycles. The number of carbonyl (C=O) groups excluding carboxylic acids is 2. The van der Waals surface area contributed by atoms with Crippen molar-refractivity contribution in [2.75, 3.05) is 19.2 Å². The molecule has 146 valence electrons. The predicted octanol–water partition coefficient (Wildman–Crippen LogP) is 3.33. The molecule has 0 fully saturated rings. The Kier molecular flexibility index (Phi) is 5.11. The van der Waals surface area contributed by atoms with E-state index in [0.717, 1.165) is 5.56 Å². The van der Waals surface area contributed by atoms with Crippen molar-refractivity contribution in [3.63, 3.8) is 0 Å². The lowest BCUT2D eigenvalue weighted by atomic mass is 10.1. The molecule has 0 bridgehead atoms. The summed E-state index contributed by atoms with van der Waals surface area (Å²) in [5.74, 6) is 0.606. The third kappa shape index (κ3) is 4.19. The monoisotopic (exact) mass is 389 g/mol. The number of hydrogen-bond donors (Lipinski definition) is 1. The topological polar surface area (TPSA) is 80.8 Å². The Morgan fingerprint density at radius 3 is 2.66 bits per heavy atom. The zero-order chi connectivity index (χ0) is 20.2. The van der Waals surface area contributed by atoms with E-state index in [1.165, 1.54) is 12.3 Å². The molecule has 0 radical (unpaired) electrons. The highest BCUT2D eigenvalue weighted by Gasteiger charge is 2.17. The highest BCUT2D eigenvalue weighted by atomic mass is 16.7. The van der Waals surface area contributed by atoms with Gasteiger partial charge in [0.15, 0.2) is 11.5 Å². The first-order valence-corrected chi connectivity index (χ1v) is 9.06. The summed E-state index contributed by atoms with van der Waals surface area (Å²) in [6, 6.07) is 17.9. The molecule has 0 atom stereocenters. The van der Waals surface area contributed by atoms with E-state index in [-0.39, 0.29) is 18.4 Å². The predicted molar refractivity (Wildman–Crippen MR) is 107 cm³/mol. The minimum Gasteiger partial charge on any atom is -0.454 e. The van der Waals surface area contributed by atoms with Crippen molar-refractivity contribution in [3.8, 4) is 11.5 Å². The molecular weight excluding hydrogens is 370 g/mol. The lowest BCUT2D eigenvalue weighted by Crippen LogP contribution is -2.26. The van der Waals surface area contributed by atoms with E-state index in [1.807, 2.05) is 30.3 Å². The SMILES string of the molecule is CN(Cc1ccccc1)C(=O)c1ccnc(C(=O)Nc2ccc3c(c2)OCO3)c1. The second-order valence-electron chi connectivity index (χ2n) is 6.60. The summed E-state index contributed by atoms with van der Waals surface area (Å²) in [6.07, 6.45) is 1.46. The number of pyridine rings is 1. The molecule has 29 heavy (non-hydrogen) atoms. The first-order chi connectivity index (χ1) is 14.1. The zero-order valence-electron chi connectivity index (χ0n) is 15.8. The van der Waals surface area contributed by atoms with Crippen LogP contribution in [0.15, 0.2) is 66.9 Å². The van der Waals surface area contributed by atoms with E-state index in [0.29, 0.717) is 29.3 Å². The lowest BCUT2D eigenvalue weighted by Gasteiger charge is -2.17. The molecule has 1 N–H and O–H groups in total. The van der Waals surface area contributed by atoms with Gasteiger partial charge in [0, 0.05) is 37.1 Å². The van der Waals surface area contributed by atoms with Crippen molar-refractivity contribution in [3.05, 3.63) is 83.7 Å². The van der Waals surface area contributed by atoms with Crippen molar-refractivity contribution in [1.29, 1.82) is 0 Å². The van der Waals surface area contributed by atoms with E-state index >= 15 is 0 Å². The van der Waals surface area contributed by atoms with Crippen LogP contribution in [-0.4, -0.2) is 35.5 Å². The van der Waals surface area contributed by atoms with E-state index in [4.69, 9.17) is 9.47 Å². The van der Waals surface area contributed by atoms with Gasteiger partial charge in [-0.05, 0) is 29.8 Å². The number of carbonyl (C=O) groups is 2. The van der Waals surface area contributed by atoms with Gasteiger partial charge in [0.05, 0.1) is 0 Å². The number of fused-ring (bicyclic) bond motifs is 1. The smallest absolute Gasteiger partial charge is 0.274 e. The van der Waals surface area contributed by atoms with Gasteiger partial charge >= 0.3 is 0 Å². The number of nitrogens with one attached hydrogen (secondary N) is 1. The number of anilines is 1. The Bertz CT molecular complexity index is 1050. The summed E-state index contributed by atoms with van der Waals surface area (Å²) in [7, 11) is 1.72. The van der Waals surface area contributed by atoms with Gasteiger partial charge in [-0.15, -0.1) is 0 Å². The molecule has 2 aromatic carbocycles. The summed E-state index contributed by atoms with van der Waals surface area (Å²) in [5, 5.41) is 2.76. The van der Waals surface area contributed by atoms with Crippen LogP contribution in [-0.2, 0) is 6.54 Å². The van der Waals surface area contributed by atoms with Gasteiger partial charge in [-0.3, -0.25) is 14.6 Å². The van der Waals surface area contributed by atoms with Crippen LogP contribution < -0.4 is 14.8 Å². The molecular formula is C22H19N3O4. The minimum absolute atomic E-state index is 0.154. The van der Waals surface area contributed by atoms with E-state index < -0.39 is 5.91 Å². The van der Waals surface area contributed by atoms with Gasteiger partial charge in [-0.2, -0.15) is 0 Å². The fourth-order valence-corrected chi connectivity index (χ4v) is 3.01. The van der Waals surface area contributed by atoms with Gasteiger partial charge in [-0.1, -0.05) is 30.3 Å². The van der Waals surface area contributed by atoms with Gasteiger partial charge in [0.25, 0.3) is 11.8 Å². The van der Waals surface area contributed by atoms with E-state index in [1.54, 1.807) is 36.2 Å². The van der Waals surface area contributed by atoms with Gasteiger partial charge in [0.2, 0.25) is 6.79 Å². The molecule has 3 aromatic rings. The van der Waals surface area contributed by atoms with Crippen molar-refractivity contribution >= 4 is 17.5 Å². The molecule has 0 unspecified atom stereocenters. The molecule has 1 aliphatic heterocycles. The van der Waals surface area contributed by atoms with Crippen molar-refractivity contribution in [1.82, 2.24) is 9.88 Å². The van der Waals surface area contributed by atoms with Crippen LogP contribution in [0.4, 0.5) is 5.69 Å².